The molecular formula is C22H22N4O6. The second-order valence-electron chi connectivity index (χ2n) is 7.28. The molecule has 0 spiro atoms. The van der Waals surface area contributed by atoms with Gasteiger partial charge in [0.15, 0.2) is 5.92 Å². The maximum Gasteiger partial charge on any atom is 0.321 e. The van der Waals surface area contributed by atoms with Crippen molar-refractivity contribution in [1.29, 1.82) is 0 Å². The van der Waals surface area contributed by atoms with E-state index in [1.54, 1.807) is 19.1 Å². The van der Waals surface area contributed by atoms with Crippen molar-refractivity contribution in [2.75, 3.05) is 31.8 Å². The summed E-state index contributed by atoms with van der Waals surface area (Å²) in [6.07, 6.45) is 0. The zero-order valence-corrected chi connectivity index (χ0v) is 17.6. The number of carbonyl (C=O) groups is 2. The number of non-ortho nitro benzene ring substituents is 1. The molecule has 1 amide bonds. The van der Waals surface area contributed by atoms with Crippen molar-refractivity contribution in [3.8, 4) is 0 Å². The summed E-state index contributed by atoms with van der Waals surface area (Å²) in [6.45, 7) is 2.26. The third-order valence-corrected chi connectivity index (χ3v) is 5.45. The van der Waals surface area contributed by atoms with E-state index in [1.165, 1.54) is 24.1 Å². The molecule has 0 fully saturated rings. The Bertz CT molecular complexity index is 1170. The van der Waals surface area contributed by atoms with Crippen molar-refractivity contribution < 1.29 is 24.0 Å². The fourth-order valence-electron chi connectivity index (χ4n) is 4.04. The molecule has 2 aromatic carbocycles. The second kappa shape index (κ2) is 8.75. The third-order valence-electron chi connectivity index (χ3n) is 5.45. The molecule has 32 heavy (non-hydrogen) atoms. The number of fused-ring (bicyclic) bond motifs is 3. The molecule has 4 rings (SSSR count). The quantitative estimate of drug-likeness (QED) is 0.241. The molecular weight excluding hydrogens is 416 g/mol. The number of nitro groups is 1. The number of esters is 1. The van der Waals surface area contributed by atoms with E-state index in [-0.39, 0.29) is 25.4 Å². The number of methoxy groups -OCH3 is 1. The van der Waals surface area contributed by atoms with Crippen LogP contribution >= 0.6 is 0 Å². The first-order valence-electron chi connectivity index (χ1n) is 10.2. The maximum absolute atomic E-state index is 13.6. The van der Waals surface area contributed by atoms with Crippen LogP contribution in [0.15, 0.2) is 48.5 Å². The molecule has 0 saturated carbocycles. The van der Waals surface area contributed by atoms with Crippen LogP contribution in [-0.4, -0.2) is 53.2 Å². The lowest BCUT2D eigenvalue weighted by Crippen LogP contribution is -2.51. The monoisotopic (exact) mass is 438 g/mol. The number of rotatable bonds is 7. The number of hydrogen-bond donors (Lipinski definition) is 0. The Morgan fingerprint density at radius 3 is 2.56 bits per heavy atom. The highest BCUT2D eigenvalue weighted by Crippen LogP contribution is 2.41. The minimum atomic E-state index is -1.18. The second-order valence-corrected chi connectivity index (χ2v) is 7.28. The Hall–Kier alpha value is -3.79. The van der Waals surface area contributed by atoms with Crippen LogP contribution in [0.4, 0.5) is 11.6 Å². The number of imidazole rings is 1. The van der Waals surface area contributed by atoms with Crippen LogP contribution in [0.1, 0.15) is 18.5 Å². The normalized spacial score (nSPS) is 17.9. The van der Waals surface area contributed by atoms with Gasteiger partial charge in [-0.2, -0.15) is 0 Å². The van der Waals surface area contributed by atoms with Crippen LogP contribution < -0.4 is 4.90 Å². The summed E-state index contributed by atoms with van der Waals surface area (Å²) < 4.78 is 12.3. The third kappa shape index (κ3) is 3.58. The molecule has 1 aliphatic heterocycles. The predicted molar refractivity (Wildman–Crippen MR) is 115 cm³/mol. The van der Waals surface area contributed by atoms with Gasteiger partial charge in [-0.1, -0.05) is 24.3 Å². The summed E-state index contributed by atoms with van der Waals surface area (Å²) in [4.78, 5) is 43.3. The predicted octanol–water partition coefficient (Wildman–Crippen LogP) is 2.71. The molecule has 1 aliphatic rings. The first kappa shape index (κ1) is 21.4. The lowest BCUT2D eigenvalue weighted by atomic mass is 9.89. The van der Waals surface area contributed by atoms with Gasteiger partial charge in [0, 0.05) is 19.2 Å². The standard InChI is InChI=1S/C22H22N4O6/c1-3-32-21(28)18-19(14-8-10-15(11-9-14)26(29)30)25-17-7-5-4-6-16(17)23-22(25)24(20(18)27)12-13-31-2/h4-11,18-19H,3,12-13H2,1-2H3/t18-,19-/m0/s1. The van der Waals surface area contributed by atoms with Gasteiger partial charge in [-0.05, 0) is 24.6 Å². The molecule has 0 unspecified atom stereocenters. The number of nitrogens with zero attached hydrogens (tertiary/aromatic N) is 4. The van der Waals surface area contributed by atoms with E-state index in [9.17, 15) is 19.7 Å². The Kier molecular flexibility index (Phi) is 5.87. The van der Waals surface area contributed by atoms with Crippen molar-refractivity contribution in [1.82, 2.24) is 9.55 Å². The van der Waals surface area contributed by atoms with Crippen molar-refractivity contribution >= 4 is 34.5 Å². The fourth-order valence-corrected chi connectivity index (χ4v) is 4.04. The van der Waals surface area contributed by atoms with Crippen LogP contribution in [0.25, 0.3) is 11.0 Å². The average molecular weight is 438 g/mol. The van der Waals surface area contributed by atoms with Gasteiger partial charge in [-0.3, -0.25) is 24.6 Å². The average Bonchev–Trinajstić information content (AvgIpc) is 3.17. The molecule has 2 atom stereocenters. The fraction of sp³-hybridized carbons (Fsp3) is 0.318. The Morgan fingerprint density at radius 2 is 1.91 bits per heavy atom. The molecule has 3 aromatic rings. The summed E-state index contributed by atoms with van der Waals surface area (Å²) in [5.74, 6) is -1.91. The number of anilines is 1. The lowest BCUT2D eigenvalue weighted by molar-refractivity contribution is -0.384. The van der Waals surface area contributed by atoms with E-state index in [4.69, 9.17) is 9.47 Å². The zero-order valence-electron chi connectivity index (χ0n) is 17.6. The highest BCUT2D eigenvalue weighted by Gasteiger charge is 2.47. The summed E-state index contributed by atoms with van der Waals surface area (Å²) >= 11 is 0. The van der Waals surface area contributed by atoms with Crippen LogP contribution in [0.2, 0.25) is 0 Å². The van der Waals surface area contributed by atoms with E-state index in [0.717, 1.165) is 5.52 Å². The van der Waals surface area contributed by atoms with Gasteiger partial charge in [-0.15, -0.1) is 0 Å². The molecule has 2 heterocycles. The number of nitro benzene ring substituents is 1. The number of para-hydroxylation sites is 2. The zero-order chi connectivity index (χ0) is 22.8. The topological polar surface area (TPSA) is 117 Å². The van der Waals surface area contributed by atoms with Crippen LogP contribution in [0.3, 0.4) is 0 Å². The van der Waals surface area contributed by atoms with Crippen molar-refractivity contribution in [2.45, 2.75) is 13.0 Å². The van der Waals surface area contributed by atoms with Gasteiger partial charge in [0.05, 0.1) is 41.8 Å². The number of carbonyl (C=O) groups excluding carboxylic acids is 2. The largest absolute Gasteiger partial charge is 0.465 e. The van der Waals surface area contributed by atoms with E-state index in [0.29, 0.717) is 17.0 Å². The van der Waals surface area contributed by atoms with Crippen LogP contribution in [-0.2, 0) is 19.1 Å². The number of amides is 1. The number of ether oxygens (including phenoxy) is 2. The van der Waals surface area contributed by atoms with Gasteiger partial charge in [0.1, 0.15) is 0 Å². The van der Waals surface area contributed by atoms with Gasteiger partial charge in [0.25, 0.3) is 5.69 Å². The highest BCUT2D eigenvalue weighted by atomic mass is 16.6. The molecule has 0 radical (unpaired) electrons. The smallest absolute Gasteiger partial charge is 0.321 e. The van der Waals surface area contributed by atoms with E-state index < -0.39 is 28.8 Å². The summed E-state index contributed by atoms with van der Waals surface area (Å²) in [5, 5.41) is 11.1. The molecule has 166 valence electrons. The molecule has 0 bridgehead atoms. The molecule has 10 nitrogen and oxygen atoms in total. The summed E-state index contributed by atoms with van der Waals surface area (Å²) in [6, 6.07) is 12.4. The number of aromatic nitrogens is 2. The maximum atomic E-state index is 13.6. The van der Waals surface area contributed by atoms with Crippen molar-refractivity contribution in [3.05, 3.63) is 64.2 Å². The van der Waals surface area contributed by atoms with Gasteiger partial charge in [0.2, 0.25) is 11.9 Å². The van der Waals surface area contributed by atoms with E-state index in [2.05, 4.69) is 4.98 Å². The van der Waals surface area contributed by atoms with Gasteiger partial charge in [-0.25, -0.2) is 4.98 Å². The van der Waals surface area contributed by atoms with Crippen molar-refractivity contribution in [2.24, 2.45) is 5.92 Å². The number of benzene rings is 2. The lowest BCUT2D eigenvalue weighted by Gasteiger charge is -2.37. The molecule has 1 aromatic heterocycles. The summed E-state index contributed by atoms with van der Waals surface area (Å²) in [7, 11) is 1.53. The first-order chi connectivity index (χ1) is 15.5. The highest BCUT2D eigenvalue weighted by molar-refractivity contribution is 6.08. The van der Waals surface area contributed by atoms with Gasteiger partial charge >= 0.3 is 5.97 Å². The van der Waals surface area contributed by atoms with E-state index >= 15 is 0 Å². The Morgan fingerprint density at radius 1 is 1.19 bits per heavy atom. The van der Waals surface area contributed by atoms with Crippen molar-refractivity contribution in [3.63, 3.8) is 0 Å². The summed E-state index contributed by atoms with van der Waals surface area (Å²) in [5.41, 5.74) is 1.88. The van der Waals surface area contributed by atoms with Gasteiger partial charge < -0.3 is 14.0 Å². The van der Waals surface area contributed by atoms with Crippen LogP contribution in [0, 0.1) is 16.0 Å². The number of hydrogen-bond acceptors (Lipinski definition) is 7. The van der Waals surface area contributed by atoms with Crippen LogP contribution in [0.5, 0.6) is 0 Å². The Labute approximate surface area is 183 Å². The minimum absolute atomic E-state index is 0.0824. The first-order valence-corrected chi connectivity index (χ1v) is 10.2. The Balaban J connectivity index is 1.95. The van der Waals surface area contributed by atoms with E-state index in [1.807, 2.05) is 28.8 Å². The minimum Gasteiger partial charge on any atom is -0.465 e. The molecule has 0 saturated heterocycles. The molecule has 10 heteroatoms. The molecule has 0 N–H and O–H groups in total. The molecule has 0 aliphatic carbocycles. The SMILES string of the molecule is CCOC(=O)[C@@H]1C(=O)N(CCOC)c2nc3ccccc3n2[C@H]1c1ccc([N+](=O)[O-])cc1.